The maximum Gasteiger partial charge on any atom is 0.337 e. The molecule has 1 heterocycles. The molecule has 1 rings (SSSR count). The third-order valence-electron chi connectivity index (χ3n) is 1.11. The van der Waals surface area contributed by atoms with Crippen molar-refractivity contribution < 1.29 is 9.18 Å². The second-order valence-corrected chi connectivity index (χ2v) is 1.89. The molecule has 0 saturated carbocycles. The largest absolute Gasteiger partial charge is 0.337 e. The maximum absolute atomic E-state index is 12.4. The number of urea groups is 1. The van der Waals surface area contributed by atoms with Crippen LogP contribution in [0.5, 0.6) is 0 Å². The van der Waals surface area contributed by atoms with E-state index in [0.29, 0.717) is 0 Å². The van der Waals surface area contributed by atoms with Crippen LogP contribution in [-0.2, 0) is 0 Å². The van der Waals surface area contributed by atoms with Crippen LogP contribution in [0.1, 0.15) is 0 Å². The Hall–Kier alpha value is -1.43. The number of aliphatic imine (C=N–C) groups is 1. The topological polar surface area (TPSA) is 70.7 Å². The quantitative estimate of drug-likeness (QED) is 0.289. The van der Waals surface area contributed by atoms with E-state index in [1.54, 1.807) is 0 Å². The lowest BCUT2D eigenvalue weighted by Crippen LogP contribution is -2.41. The van der Waals surface area contributed by atoms with Crippen LogP contribution in [0.4, 0.5) is 9.18 Å². The number of nitrogens with two attached hydrogens (primary N) is 1. The van der Waals surface area contributed by atoms with Crippen LogP contribution in [0.2, 0.25) is 0 Å². The van der Waals surface area contributed by atoms with E-state index >= 15 is 0 Å². The van der Waals surface area contributed by atoms with Gasteiger partial charge in [0.25, 0.3) is 0 Å². The number of hydrogen-bond donors (Lipinski definition) is 2. The first-order chi connectivity index (χ1) is 5.24. The third kappa shape index (κ3) is 1.74. The van der Waals surface area contributed by atoms with Gasteiger partial charge >= 0.3 is 6.03 Å². The molecule has 0 saturated heterocycles. The molecule has 3 N–H and O–H groups in total. The number of hydrazine groups is 1. The Morgan fingerprint density at radius 2 is 2.64 bits per heavy atom. The fourth-order valence-electron chi connectivity index (χ4n) is 0.645. The minimum absolute atomic E-state index is 0.0937. The average Bonchev–Trinajstić information content (AvgIpc) is 2.03. The molecule has 0 bridgehead atoms. The van der Waals surface area contributed by atoms with E-state index in [2.05, 4.69) is 4.99 Å². The molecule has 1 aliphatic heterocycles. The molecule has 60 valence electrons. The highest BCUT2D eigenvalue weighted by molar-refractivity contribution is 5.81. The molecule has 0 aromatic heterocycles. The summed E-state index contributed by atoms with van der Waals surface area (Å²) in [5.74, 6) is 4.23. The molecule has 0 aliphatic carbocycles. The van der Waals surface area contributed by atoms with E-state index in [4.69, 9.17) is 5.84 Å². The third-order valence-corrected chi connectivity index (χ3v) is 1.11. The smallest absolute Gasteiger partial charge is 0.277 e. The molecule has 5 nitrogen and oxygen atoms in total. The normalized spacial score (nSPS) is 16.2. The van der Waals surface area contributed by atoms with Crippen LogP contribution in [0.25, 0.3) is 0 Å². The van der Waals surface area contributed by atoms with Crippen molar-refractivity contribution in [3.63, 3.8) is 0 Å². The lowest BCUT2D eigenvalue weighted by atomic mass is 10.5. The van der Waals surface area contributed by atoms with Crippen LogP contribution < -0.4 is 11.3 Å². The minimum atomic E-state index is -0.586. The van der Waals surface area contributed by atoms with Gasteiger partial charge in [0.2, 0.25) is 0 Å². The number of rotatable bonds is 0. The van der Waals surface area contributed by atoms with Gasteiger partial charge in [-0.05, 0) is 0 Å². The highest BCUT2D eigenvalue weighted by atomic mass is 19.1. The number of carbonyl (C=O) groups is 1. The van der Waals surface area contributed by atoms with Crippen LogP contribution in [0.15, 0.2) is 17.0 Å². The van der Waals surface area contributed by atoms with Gasteiger partial charge in [-0.1, -0.05) is 0 Å². The summed E-state index contributed by atoms with van der Waals surface area (Å²) in [5.41, 5.74) is 1.86. The van der Waals surface area contributed by atoms with Gasteiger partial charge in [-0.2, -0.15) is 0 Å². The summed E-state index contributed by atoms with van der Waals surface area (Å²) in [6.07, 6.45) is 2.06. The van der Waals surface area contributed by atoms with Gasteiger partial charge in [-0.15, -0.1) is 0 Å². The Morgan fingerprint density at radius 1 is 1.91 bits per heavy atom. The molecule has 2 amide bonds. The second-order valence-electron chi connectivity index (χ2n) is 1.89. The number of amides is 2. The van der Waals surface area contributed by atoms with Gasteiger partial charge in [0, 0.05) is 6.20 Å². The van der Waals surface area contributed by atoms with E-state index in [9.17, 15) is 9.18 Å². The van der Waals surface area contributed by atoms with E-state index in [0.717, 1.165) is 17.3 Å². The van der Waals surface area contributed by atoms with Crippen LogP contribution in [-0.4, -0.2) is 23.8 Å². The van der Waals surface area contributed by atoms with Crippen molar-refractivity contribution in [1.29, 1.82) is 0 Å². The zero-order valence-corrected chi connectivity index (χ0v) is 5.62. The summed E-state index contributed by atoms with van der Waals surface area (Å²) in [6, 6.07) is -0.586. The van der Waals surface area contributed by atoms with Gasteiger partial charge in [0.05, 0.1) is 6.21 Å². The zero-order valence-electron chi connectivity index (χ0n) is 5.62. The summed E-state index contributed by atoms with van der Waals surface area (Å²) < 4.78 is 12.4. The molecule has 1 aliphatic rings. The second kappa shape index (κ2) is 3.11. The minimum Gasteiger partial charge on any atom is -0.277 e. The Kier molecular flexibility index (Phi) is 2.17. The lowest BCUT2D eigenvalue weighted by Gasteiger charge is -2.16. The molecule has 11 heavy (non-hydrogen) atoms. The summed E-state index contributed by atoms with van der Waals surface area (Å²) in [5, 5.41) is 0. The first-order valence-corrected chi connectivity index (χ1v) is 2.88. The standard InChI is InChI=1S/C5H7FN4O/c6-4-1-8-3-10(2-4)5(11)9-7/h1-2H,3,7H2,(H,9,11). The number of hydrogen-bond acceptors (Lipinski definition) is 3. The van der Waals surface area contributed by atoms with Crippen molar-refractivity contribution in [3.05, 3.63) is 12.0 Å². The van der Waals surface area contributed by atoms with Crippen LogP contribution in [0, 0.1) is 0 Å². The summed E-state index contributed by atoms with van der Waals surface area (Å²) in [7, 11) is 0. The Bertz CT molecular complexity index is 225. The van der Waals surface area contributed by atoms with Crippen LogP contribution in [0.3, 0.4) is 0 Å². The monoisotopic (exact) mass is 158 g/mol. The number of carbonyl (C=O) groups excluding carboxylic acids is 1. The van der Waals surface area contributed by atoms with Gasteiger partial charge in [0.1, 0.15) is 6.67 Å². The van der Waals surface area contributed by atoms with Gasteiger partial charge in [-0.3, -0.25) is 15.3 Å². The number of nitrogens with zero attached hydrogens (tertiary/aromatic N) is 2. The van der Waals surface area contributed by atoms with Crippen LogP contribution >= 0.6 is 0 Å². The fourth-order valence-corrected chi connectivity index (χ4v) is 0.645. The highest BCUT2D eigenvalue weighted by Crippen LogP contribution is 2.03. The van der Waals surface area contributed by atoms with E-state index < -0.39 is 11.9 Å². The van der Waals surface area contributed by atoms with Crippen molar-refractivity contribution in [3.8, 4) is 0 Å². The Balaban J connectivity index is 2.63. The van der Waals surface area contributed by atoms with Crippen molar-refractivity contribution in [1.82, 2.24) is 10.3 Å². The summed E-state index contributed by atoms with van der Waals surface area (Å²) in [4.78, 5) is 15.3. The van der Waals surface area contributed by atoms with Gasteiger partial charge in [0.15, 0.2) is 5.83 Å². The molecular weight excluding hydrogens is 151 g/mol. The van der Waals surface area contributed by atoms with E-state index in [1.807, 2.05) is 5.43 Å². The number of allylic oxidation sites excluding steroid dienone is 1. The summed E-state index contributed by atoms with van der Waals surface area (Å²) >= 11 is 0. The van der Waals surface area contributed by atoms with Gasteiger partial charge in [-0.25, -0.2) is 15.0 Å². The number of halogens is 1. The van der Waals surface area contributed by atoms with Crippen molar-refractivity contribution >= 4 is 12.2 Å². The van der Waals surface area contributed by atoms with Crippen molar-refractivity contribution in [2.24, 2.45) is 10.8 Å². The molecule has 0 radical (unpaired) electrons. The SMILES string of the molecule is NNC(=O)N1C=C(F)C=NC1. The predicted octanol–water partition coefficient (Wildman–Crippen LogP) is -0.276. The molecule has 0 unspecified atom stereocenters. The molecule has 0 aromatic carbocycles. The summed E-state index contributed by atoms with van der Waals surface area (Å²) in [6.45, 7) is 0.0937. The lowest BCUT2D eigenvalue weighted by molar-refractivity contribution is 0.215. The van der Waals surface area contributed by atoms with E-state index in [-0.39, 0.29) is 6.67 Å². The highest BCUT2D eigenvalue weighted by Gasteiger charge is 2.11. The number of nitrogens with one attached hydrogen (secondary N) is 1. The van der Waals surface area contributed by atoms with Gasteiger partial charge < -0.3 is 0 Å². The molecule has 0 atom stereocenters. The first kappa shape index (κ1) is 7.67. The zero-order chi connectivity index (χ0) is 8.27. The fraction of sp³-hybridized carbons (Fsp3) is 0.200. The molecule has 0 fully saturated rings. The van der Waals surface area contributed by atoms with Crippen molar-refractivity contribution in [2.45, 2.75) is 0 Å². The van der Waals surface area contributed by atoms with E-state index in [1.165, 1.54) is 0 Å². The molecule has 6 heteroatoms. The Labute approximate surface area is 62.3 Å². The molecule has 0 aromatic rings. The predicted molar refractivity (Wildman–Crippen MR) is 37.1 cm³/mol. The Morgan fingerprint density at radius 3 is 3.18 bits per heavy atom. The average molecular weight is 158 g/mol. The maximum atomic E-state index is 12.4. The first-order valence-electron chi connectivity index (χ1n) is 2.88. The van der Waals surface area contributed by atoms with Crippen molar-refractivity contribution in [2.75, 3.05) is 6.67 Å². The molecular formula is C5H7FN4O. The molecule has 0 spiro atoms.